The third kappa shape index (κ3) is 5.35. The number of ether oxygens (including phenoxy) is 1. The molecule has 7 nitrogen and oxygen atoms in total. The quantitative estimate of drug-likeness (QED) is 0.143. The van der Waals surface area contributed by atoms with Crippen LogP contribution in [-0.2, 0) is 29.4 Å². The second-order valence-corrected chi connectivity index (χ2v) is 11.0. The van der Waals surface area contributed by atoms with Gasteiger partial charge >= 0.3 is 17.8 Å². The summed E-state index contributed by atoms with van der Waals surface area (Å²) in [5.74, 6) is 0.167. The predicted octanol–water partition coefficient (Wildman–Crippen LogP) is 6.75. The number of benzene rings is 1. The van der Waals surface area contributed by atoms with Crippen molar-refractivity contribution in [1.29, 1.82) is 0 Å². The van der Waals surface area contributed by atoms with Crippen LogP contribution in [0.3, 0.4) is 0 Å². The van der Waals surface area contributed by atoms with E-state index in [1.54, 1.807) is 14.0 Å². The summed E-state index contributed by atoms with van der Waals surface area (Å²) >= 11 is 1.42. The first-order valence-corrected chi connectivity index (χ1v) is 14.3. The lowest BCUT2D eigenvalue weighted by molar-refractivity contribution is -0.136. The molecular weight excluding hydrogens is 545 g/mol. The molecule has 2 aromatic heterocycles. The Balaban J connectivity index is 1.53. The number of amides is 3. The van der Waals surface area contributed by atoms with E-state index in [2.05, 4.69) is 0 Å². The summed E-state index contributed by atoms with van der Waals surface area (Å²) in [6.45, 7) is 6.00. The van der Waals surface area contributed by atoms with Crippen molar-refractivity contribution in [3.63, 3.8) is 0 Å². The molecule has 0 radical (unpaired) electrons. The summed E-state index contributed by atoms with van der Waals surface area (Å²) in [6.07, 6.45) is -1.57. The van der Waals surface area contributed by atoms with E-state index in [0.717, 1.165) is 4.88 Å². The minimum Gasteiger partial charge on any atom is -0.493 e. The van der Waals surface area contributed by atoms with E-state index in [4.69, 9.17) is 9.15 Å². The Morgan fingerprint density at radius 2 is 1.80 bits per heavy atom. The van der Waals surface area contributed by atoms with Gasteiger partial charge in [0.25, 0.3) is 5.91 Å². The molecule has 0 aliphatic carbocycles. The van der Waals surface area contributed by atoms with Gasteiger partial charge in [-0.2, -0.15) is 13.2 Å². The van der Waals surface area contributed by atoms with E-state index in [9.17, 15) is 27.6 Å². The minimum atomic E-state index is -4.71. The minimum absolute atomic E-state index is 0.0966. The number of carbonyl (C=O) groups excluding carboxylic acids is 2. The molecule has 0 spiro atoms. The summed E-state index contributed by atoms with van der Waals surface area (Å²) in [5.41, 5.74) is -2.15. The zero-order valence-electron chi connectivity index (χ0n) is 23.0. The Kier molecular flexibility index (Phi) is 8.63. The molecule has 3 aromatic rings. The number of carbonyl (C=O) groups is 2. The van der Waals surface area contributed by atoms with E-state index in [1.807, 2.05) is 31.4 Å². The fourth-order valence-corrected chi connectivity index (χ4v) is 6.10. The Bertz CT molecular complexity index is 1450. The molecule has 11 heteroatoms. The van der Waals surface area contributed by atoms with Gasteiger partial charge < -0.3 is 14.1 Å². The van der Waals surface area contributed by atoms with Crippen LogP contribution in [0.5, 0.6) is 5.75 Å². The van der Waals surface area contributed by atoms with Gasteiger partial charge in [-0.1, -0.05) is 32.8 Å². The molecule has 216 valence electrons. The zero-order chi connectivity index (χ0) is 29.2. The number of imide groups is 1. The number of hydrogen-bond donors (Lipinski definition) is 0. The van der Waals surface area contributed by atoms with Gasteiger partial charge in [0.05, 0.1) is 12.2 Å². The molecule has 1 atom stereocenters. The smallest absolute Gasteiger partial charge is 0.417 e. The largest absolute Gasteiger partial charge is 0.493 e. The first-order chi connectivity index (χ1) is 18.9. The number of unbranched alkanes of at least 4 members (excludes halogenated alkanes) is 1. The molecule has 1 aliphatic heterocycles. The predicted molar refractivity (Wildman–Crippen MR) is 147 cm³/mol. The number of urea groups is 1. The summed E-state index contributed by atoms with van der Waals surface area (Å²) < 4.78 is 52.8. The lowest BCUT2D eigenvalue weighted by atomic mass is 9.96. The van der Waals surface area contributed by atoms with Gasteiger partial charge in [0, 0.05) is 35.5 Å². The van der Waals surface area contributed by atoms with Crippen LogP contribution in [0.1, 0.15) is 68.0 Å². The highest BCUT2D eigenvalue weighted by molar-refractivity contribution is 7.10. The van der Waals surface area contributed by atoms with Crippen molar-refractivity contribution in [2.45, 2.75) is 71.0 Å². The van der Waals surface area contributed by atoms with Crippen LogP contribution in [0.2, 0.25) is 0 Å². The average Bonchev–Trinajstić information content (AvgIpc) is 3.50. The Hall–Kier alpha value is -3.34. The Morgan fingerprint density at radius 1 is 1.07 bits per heavy atom. The van der Waals surface area contributed by atoms with Gasteiger partial charge in [0.15, 0.2) is 5.54 Å². The molecule has 40 heavy (non-hydrogen) atoms. The number of alkyl halides is 3. The van der Waals surface area contributed by atoms with Crippen molar-refractivity contribution in [1.82, 2.24) is 9.80 Å². The van der Waals surface area contributed by atoms with E-state index in [-0.39, 0.29) is 36.1 Å². The first-order valence-electron chi connectivity index (χ1n) is 13.4. The van der Waals surface area contributed by atoms with Crippen LogP contribution in [0.4, 0.5) is 18.0 Å². The van der Waals surface area contributed by atoms with E-state index in [0.29, 0.717) is 61.5 Å². The second kappa shape index (κ2) is 11.6. The third-order valence-electron chi connectivity index (χ3n) is 7.36. The number of halogens is 3. The van der Waals surface area contributed by atoms with Crippen LogP contribution in [0.25, 0.3) is 11.0 Å². The summed E-state index contributed by atoms with van der Waals surface area (Å²) in [7, 11) is 1.62. The molecule has 0 N–H and O–H groups in total. The molecule has 1 fully saturated rings. The maximum atomic E-state index is 13.8. The topological polar surface area (TPSA) is 80.1 Å². The van der Waals surface area contributed by atoms with Crippen LogP contribution in [-0.4, -0.2) is 41.9 Å². The van der Waals surface area contributed by atoms with Gasteiger partial charge in [0.2, 0.25) is 0 Å². The van der Waals surface area contributed by atoms with Gasteiger partial charge in [-0.25, -0.2) is 9.59 Å². The Labute approximate surface area is 234 Å². The van der Waals surface area contributed by atoms with E-state index < -0.39 is 22.9 Å². The monoisotopic (exact) mass is 578 g/mol. The number of likely N-dealkylation sites (N-methyl/N-ethyl adjacent to an activating group) is 1. The van der Waals surface area contributed by atoms with Gasteiger partial charge in [-0.15, -0.1) is 11.3 Å². The number of thiophene rings is 1. The molecular formula is C29H33F3N2O5S. The van der Waals surface area contributed by atoms with Crippen LogP contribution >= 0.6 is 11.3 Å². The van der Waals surface area contributed by atoms with Crippen molar-refractivity contribution < 1.29 is 31.9 Å². The maximum Gasteiger partial charge on any atom is 0.417 e. The molecule has 1 aliphatic rings. The van der Waals surface area contributed by atoms with Crippen molar-refractivity contribution in [2.75, 3.05) is 20.2 Å². The second-order valence-electron chi connectivity index (χ2n) is 10.1. The maximum absolute atomic E-state index is 13.8. The Morgan fingerprint density at radius 3 is 2.42 bits per heavy atom. The van der Waals surface area contributed by atoms with Crippen molar-refractivity contribution >= 4 is 34.2 Å². The fraction of sp³-hybridized carbons (Fsp3) is 0.483. The van der Waals surface area contributed by atoms with E-state index in [1.165, 1.54) is 27.2 Å². The van der Waals surface area contributed by atoms with E-state index >= 15 is 0 Å². The molecule has 3 heterocycles. The van der Waals surface area contributed by atoms with Crippen molar-refractivity contribution in [2.24, 2.45) is 0 Å². The highest BCUT2D eigenvalue weighted by atomic mass is 32.1. The van der Waals surface area contributed by atoms with Crippen molar-refractivity contribution in [3.05, 3.63) is 61.6 Å². The first kappa shape index (κ1) is 29.6. The molecule has 1 saturated heterocycles. The summed E-state index contributed by atoms with van der Waals surface area (Å²) in [6, 6.07) is 5.24. The summed E-state index contributed by atoms with van der Waals surface area (Å²) in [5, 5.41) is 1.73. The number of rotatable bonds is 11. The van der Waals surface area contributed by atoms with Crippen LogP contribution in [0.15, 0.2) is 38.9 Å². The lowest BCUT2D eigenvalue weighted by Gasteiger charge is -2.27. The van der Waals surface area contributed by atoms with Gasteiger partial charge in [-0.05, 0) is 55.7 Å². The average molecular weight is 579 g/mol. The SMILES string of the molecule is CCCc1cc2c(C(F)(F)F)cc(=O)oc2c(CCC)c1OCCCCN1C(=O)N(C)C(C)(c2cccs2)C1=O. The third-order valence-corrected chi connectivity index (χ3v) is 8.44. The lowest BCUT2D eigenvalue weighted by Crippen LogP contribution is -2.41. The van der Waals surface area contributed by atoms with Gasteiger partial charge in [0.1, 0.15) is 11.3 Å². The highest BCUT2D eigenvalue weighted by Crippen LogP contribution is 2.41. The van der Waals surface area contributed by atoms with Crippen LogP contribution in [0, 0.1) is 0 Å². The zero-order valence-corrected chi connectivity index (χ0v) is 23.8. The molecule has 0 saturated carbocycles. The number of hydrogen-bond acceptors (Lipinski definition) is 6. The standard InChI is InChI=1S/C29H33F3N2O5S/c1-5-10-18-16-20-21(29(30,31)32)17-23(35)39-25(20)19(11-6-2)24(18)38-14-8-7-13-34-26(36)28(3,33(4)27(34)37)22-12-9-15-40-22/h9,12,15-17H,5-8,10-11,13-14H2,1-4H3. The molecule has 1 unspecified atom stereocenters. The molecule has 4 rings (SSSR count). The summed E-state index contributed by atoms with van der Waals surface area (Å²) in [4.78, 5) is 41.7. The molecule has 1 aromatic carbocycles. The normalized spacial score (nSPS) is 17.9. The van der Waals surface area contributed by atoms with Gasteiger partial charge in [-0.3, -0.25) is 9.69 Å². The van der Waals surface area contributed by atoms with Crippen LogP contribution < -0.4 is 10.4 Å². The number of fused-ring (bicyclic) bond motifs is 1. The highest BCUT2D eigenvalue weighted by Gasteiger charge is 2.53. The number of aryl methyl sites for hydroxylation is 2. The molecule has 3 amide bonds. The number of nitrogens with zero attached hydrogens (tertiary/aromatic N) is 2. The molecule has 0 bridgehead atoms. The fourth-order valence-electron chi connectivity index (χ4n) is 5.19. The van der Waals surface area contributed by atoms with Crippen molar-refractivity contribution in [3.8, 4) is 5.75 Å².